The minimum absolute atomic E-state index is 0.0223. The molecule has 4 aromatic heterocycles. The van der Waals surface area contributed by atoms with E-state index in [-0.39, 0.29) is 17.5 Å². The summed E-state index contributed by atoms with van der Waals surface area (Å²) in [6, 6.07) is 29.6. The minimum Gasteiger partial charge on any atom is -0.491 e. The molecule has 0 unspecified atom stereocenters. The first-order chi connectivity index (χ1) is 32.7. The van der Waals surface area contributed by atoms with E-state index in [0.717, 1.165) is 115 Å². The SMILES string of the molecule is CC/C(=C(/c1ccc(OCCOCCCn2c(=O)n(C3CCOCC3)c3c4cc(-c5ccc(OCCCN(C)C)nc5)ccc4ncc32)cc1)c1ccc2[nH]ncc2c1)c1ccc(F)cc1C. The molecule has 0 aliphatic carbocycles. The molecule has 4 aromatic carbocycles. The first-order valence-electron chi connectivity index (χ1n) is 23.3. The topological polar surface area (TPSA) is 122 Å². The molecule has 1 N–H and O–H groups in total. The summed E-state index contributed by atoms with van der Waals surface area (Å²) in [7, 11) is 4.10. The van der Waals surface area contributed by atoms with E-state index in [1.165, 1.54) is 6.07 Å². The molecule has 0 bridgehead atoms. The lowest BCUT2D eigenvalue weighted by molar-refractivity contribution is 0.0695. The summed E-state index contributed by atoms with van der Waals surface area (Å²) in [5, 5.41) is 9.22. The molecule has 1 aliphatic heterocycles. The number of nitrogens with zero attached hydrogens (tertiary/aromatic N) is 6. The van der Waals surface area contributed by atoms with E-state index >= 15 is 0 Å². The molecule has 67 heavy (non-hydrogen) atoms. The van der Waals surface area contributed by atoms with Crippen LogP contribution in [0.25, 0.3) is 55.1 Å². The Labute approximate surface area is 390 Å². The third kappa shape index (κ3) is 10.2. The molecule has 0 spiro atoms. The van der Waals surface area contributed by atoms with Crippen LogP contribution in [0.3, 0.4) is 0 Å². The van der Waals surface area contributed by atoms with Crippen LogP contribution in [0.15, 0.2) is 114 Å². The lowest BCUT2D eigenvalue weighted by atomic mass is 9.86. The van der Waals surface area contributed by atoms with Gasteiger partial charge in [0.1, 0.15) is 18.2 Å². The molecule has 1 fully saturated rings. The molecule has 13 heteroatoms. The second kappa shape index (κ2) is 20.9. The van der Waals surface area contributed by atoms with Gasteiger partial charge in [0.2, 0.25) is 5.88 Å². The van der Waals surface area contributed by atoms with Gasteiger partial charge in [-0.3, -0.25) is 19.2 Å². The molecule has 12 nitrogen and oxygen atoms in total. The van der Waals surface area contributed by atoms with Crippen molar-refractivity contribution in [1.82, 2.24) is 34.2 Å². The molecule has 0 atom stereocenters. The molecule has 5 heterocycles. The Hall–Kier alpha value is -6.67. The van der Waals surface area contributed by atoms with Crippen LogP contribution in [0.4, 0.5) is 4.39 Å². The number of aryl methyl sites for hydroxylation is 2. The van der Waals surface area contributed by atoms with Crippen molar-refractivity contribution in [2.75, 3.05) is 60.3 Å². The molecule has 9 rings (SSSR count). The van der Waals surface area contributed by atoms with Crippen molar-refractivity contribution in [2.24, 2.45) is 0 Å². The van der Waals surface area contributed by atoms with E-state index in [1.54, 1.807) is 6.07 Å². The Morgan fingerprint density at radius 2 is 1.66 bits per heavy atom. The molecule has 0 amide bonds. The Kier molecular flexibility index (Phi) is 14.2. The second-order valence-corrected chi connectivity index (χ2v) is 17.4. The highest BCUT2D eigenvalue weighted by atomic mass is 19.1. The number of ether oxygens (including phenoxy) is 4. The molecule has 1 saturated heterocycles. The highest BCUT2D eigenvalue weighted by Gasteiger charge is 2.25. The highest BCUT2D eigenvalue weighted by Crippen LogP contribution is 2.38. The lowest BCUT2D eigenvalue weighted by Crippen LogP contribution is -2.31. The summed E-state index contributed by atoms with van der Waals surface area (Å²) in [4.78, 5) is 25.9. The third-order valence-electron chi connectivity index (χ3n) is 12.6. The minimum atomic E-state index is -0.246. The standard InChI is InChI=1S/C54H58FN7O5/c1-5-45(46-16-13-42(55)30-36(46)2)52(39-11-17-48-41(31-39)34-58-59-48)37-8-14-44(15-9-37)66-29-28-64-24-7-23-61-50-35-56-49-18-10-38(40-12-19-51(57-33-40)67-25-6-22-60(3)4)32-47(49)53(50)62(54(61)63)43-20-26-65-27-21-43/h8-19,30-35,43H,5-7,20-29H2,1-4H3,(H,58,59)/b52-45+. The van der Waals surface area contributed by atoms with Gasteiger partial charge >= 0.3 is 5.69 Å². The number of fused-ring (bicyclic) bond motifs is 4. The van der Waals surface area contributed by atoms with Gasteiger partial charge < -0.3 is 23.8 Å². The van der Waals surface area contributed by atoms with Gasteiger partial charge in [-0.2, -0.15) is 5.10 Å². The van der Waals surface area contributed by atoms with Crippen LogP contribution in [0, 0.1) is 12.7 Å². The number of halogens is 1. The van der Waals surface area contributed by atoms with Crippen molar-refractivity contribution in [2.45, 2.75) is 58.5 Å². The summed E-state index contributed by atoms with van der Waals surface area (Å²) >= 11 is 0. The van der Waals surface area contributed by atoms with Crippen molar-refractivity contribution in [3.05, 3.63) is 148 Å². The van der Waals surface area contributed by atoms with Crippen LogP contribution in [0.1, 0.15) is 67.3 Å². The summed E-state index contributed by atoms with van der Waals surface area (Å²) in [6.45, 7) is 8.60. The van der Waals surface area contributed by atoms with Crippen LogP contribution in [0.2, 0.25) is 0 Å². The number of hydrogen-bond donors (Lipinski definition) is 1. The molecule has 8 aromatic rings. The van der Waals surface area contributed by atoms with Crippen LogP contribution >= 0.6 is 0 Å². The van der Waals surface area contributed by atoms with Gasteiger partial charge in [0, 0.05) is 67.6 Å². The Bertz CT molecular complexity index is 3060. The number of rotatable bonds is 19. The number of hydrogen-bond acceptors (Lipinski definition) is 9. The highest BCUT2D eigenvalue weighted by molar-refractivity contribution is 6.04. The molecule has 0 saturated carbocycles. The average molecular weight is 904 g/mol. The number of pyridine rings is 2. The van der Waals surface area contributed by atoms with Gasteiger partial charge in [0.05, 0.1) is 47.7 Å². The van der Waals surface area contributed by atoms with E-state index < -0.39 is 0 Å². The maximum atomic E-state index is 14.4. The predicted octanol–water partition coefficient (Wildman–Crippen LogP) is 10.3. The first kappa shape index (κ1) is 45.5. The number of aromatic amines is 1. The van der Waals surface area contributed by atoms with E-state index in [2.05, 4.69) is 77.5 Å². The van der Waals surface area contributed by atoms with Gasteiger partial charge in [-0.1, -0.05) is 37.3 Å². The smallest absolute Gasteiger partial charge is 0.329 e. The number of benzene rings is 4. The molecule has 346 valence electrons. The Morgan fingerprint density at radius 3 is 2.43 bits per heavy atom. The Morgan fingerprint density at radius 1 is 0.836 bits per heavy atom. The van der Waals surface area contributed by atoms with Crippen molar-refractivity contribution in [3.63, 3.8) is 0 Å². The van der Waals surface area contributed by atoms with E-state index in [9.17, 15) is 9.18 Å². The first-order valence-corrected chi connectivity index (χ1v) is 23.3. The summed E-state index contributed by atoms with van der Waals surface area (Å²) in [5.41, 5.74) is 11.6. The number of nitrogens with one attached hydrogen (secondary N) is 1. The third-order valence-corrected chi connectivity index (χ3v) is 12.6. The number of allylic oxidation sites excluding steroid dienone is 1. The van der Waals surface area contributed by atoms with E-state index in [4.69, 9.17) is 23.9 Å². The van der Waals surface area contributed by atoms with Gasteiger partial charge in [-0.15, -0.1) is 0 Å². The second-order valence-electron chi connectivity index (χ2n) is 17.4. The molecular formula is C54H58FN7O5. The largest absolute Gasteiger partial charge is 0.491 e. The zero-order valence-electron chi connectivity index (χ0n) is 38.8. The molecule has 0 radical (unpaired) electrons. The van der Waals surface area contributed by atoms with E-state index in [0.29, 0.717) is 58.5 Å². The maximum absolute atomic E-state index is 14.4. The summed E-state index contributed by atoms with van der Waals surface area (Å²) < 4.78 is 41.8. The monoisotopic (exact) mass is 903 g/mol. The zero-order chi connectivity index (χ0) is 46.3. The number of H-pyrrole nitrogens is 1. The number of imidazole rings is 1. The Balaban J connectivity index is 0.865. The fourth-order valence-electron chi connectivity index (χ4n) is 9.26. The average Bonchev–Trinajstić information content (AvgIpc) is 3.94. The van der Waals surface area contributed by atoms with Gasteiger partial charge in [0.25, 0.3) is 0 Å². The zero-order valence-corrected chi connectivity index (χ0v) is 38.8. The summed E-state index contributed by atoms with van der Waals surface area (Å²) in [5.74, 6) is 1.09. The van der Waals surface area contributed by atoms with Gasteiger partial charge in [-0.25, -0.2) is 14.2 Å². The maximum Gasteiger partial charge on any atom is 0.329 e. The summed E-state index contributed by atoms with van der Waals surface area (Å²) in [6.07, 6.45) is 9.36. The fraction of sp³-hybridized carbons (Fsp3) is 0.333. The lowest BCUT2D eigenvalue weighted by Gasteiger charge is -2.23. The normalized spacial score (nSPS) is 13.8. The van der Waals surface area contributed by atoms with Crippen LogP contribution in [-0.4, -0.2) is 94.5 Å². The van der Waals surface area contributed by atoms with Crippen LogP contribution < -0.4 is 15.2 Å². The predicted molar refractivity (Wildman–Crippen MR) is 263 cm³/mol. The van der Waals surface area contributed by atoms with Crippen molar-refractivity contribution >= 4 is 44.0 Å². The van der Waals surface area contributed by atoms with Crippen molar-refractivity contribution in [1.29, 1.82) is 0 Å². The van der Waals surface area contributed by atoms with Gasteiger partial charge in [0.15, 0.2) is 0 Å². The molecular weight excluding hydrogens is 846 g/mol. The quantitative estimate of drug-likeness (QED) is 0.0624. The van der Waals surface area contributed by atoms with Crippen LogP contribution in [0.5, 0.6) is 11.6 Å². The molecule has 1 aliphatic rings. The van der Waals surface area contributed by atoms with Crippen LogP contribution in [-0.2, 0) is 16.0 Å². The van der Waals surface area contributed by atoms with Crippen molar-refractivity contribution in [3.8, 4) is 22.8 Å². The van der Waals surface area contributed by atoms with Gasteiger partial charge in [-0.05, 0) is 147 Å². The van der Waals surface area contributed by atoms with E-state index in [1.807, 2.05) is 77.1 Å². The number of aromatic nitrogens is 6. The van der Waals surface area contributed by atoms with Crippen molar-refractivity contribution < 1.29 is 23.3 Å². The fourth-order valence-corrected chi connectivity index (χ4v) is 9.26.